The van der Waals surface area contributed by atoms with Gasteiger partial charge in [0.05, 0.1) is 18.6 Å². The van der Waals surface area contributed by atoms with E-state index in [0.717, 1.165) is 40.2 Å². The van der Waals surface area contributed by atoms with Crippen molar-refractivity contribution in [3.05, 3.63) is 52.4 Å². The molecule has 1 aliphatic carbocycles. The molecule has 0 amide bonds. The number of aliphatic carboxylic acids is 1. The molecular weight excluding hydrogens is 385 g/mol. The van der Waals surface area contributed by atoms with Gasteiger partial charge in [-0.1, -0.05) is 30.4 Å². The van der Waals surface area contributed by atoms with Gasteiger partial charge < -0.3 is 19.9 Å². The zero-order valence-corrected chi connectivity index (χ0v) is 17.3. The molecule has 1 aromatic carbocycles. The highest BCUT2D eigenvalue weighted by atomic mass is 19.1. The second kappa shape index (κ2) is 9.41. The minimum Gasteiger partial charge on any atom is -0.481 e. The fraction of sp³-hybridized carbons (Fsp3) is 0.375. The molecule has 0 fully saturated rings. The molecule has 0 spiro atoms. The van der Waals surface area contributed by atoms with Crippen LogP contribution in [0.4, 0.5) is 4.39 Å². The molecule has 2 unspecified atom stereocenters. The van der Waals surface area contributed by atoms with Crippen molar-refractivity contribution in [3.63, 3.8) is 0 Å². The number of aromatic nitrogens is 1. The van der Waals surface area contributed by atoms with Crippen LogP contribution in [0.15, 0.2) is 30.3 Å². The number of aliphatic hydroxyl groups excluding tert-OH is 2. The number of nitrogens with zero attached hydrogens (tertiary/aromatic N) is 1. The largest absolute Gasteiger partial charge is 0.481 e. The average Bonchev–Trinajstić information content (AvgIpc) is 3.00. The summed E-state index contributed by atoms with van der Waals surface area (Å²) in [5.41, 5.74) is 2.76. The predicted octanol–water partition coefficient (Wildman–Crippen LogP) is 2.83. The van der Waals surface area contributed by atoms with Gasteiger partial charge in [0.1, 0.15) is 5.82 Å². The smallest absolute Gasteiger partial charge is 0.305 e. The topological polar surface area (TPSA) is 82.7 Å². The number of hydrogen-bond acceptors (Lipinski definition) is 3. The van der Waals surface area contributed by atoms with Crippen LogP contribution in [0.5, 0.6) is 0 Å². The zero-order valence-electron chi connectivity index (χ0n) is 17.3. The normalized spacial score (nSPS) is 15.5. The molecule has 0 aliphatic heterocycles. The Bertz CT molecular complexity index is 1050. The van der Waals surface area contributed by atoms with Crippen molar-refractivity contribution >= 4 is 24.2 Å². The zero-order chi connectivity index (χ0) is 21.8. The first kappa shape index (κ1) is 22.0. The molecule has 1 aromatic heterocycles. The first-order valence-corrected chi connectivity index (χ1v) is 10.2. The first-order valence-electron chi connectivity index (χ1n) is 10.2. The number of carbonyl (C=O) groups is 1. The Balaban J connectivity index is 2.08. The van der Waals surface area contributed by atoms with Crippen molar-refractivity contribution in [2.75, 3.05) is 0 Å². The Morgan fingerprint density at radius 2 is 1.83 bits per heavy atom. The summed E-state index contributed by atoms with van der Waals surface area (Å²) in [4.78, 5) is 10.7. The molecule has 2 atom stereocenters. The van der Waals surface area contributed by atoms with Crippen LogP contribution in [0, 0.1) is 5.82 Å². The summed E-state index contributed by atoms with van der Waals surface area (Å²) in [6.45, 7) is 4.17. The van der Waals surface area contributed by atoms with E-state index in [1.807, 2.05) is 6.08 Å². The number of rotatable bonds is 8. The van der Waals surface area contributed by atoms with E-state index in [0.29, 0.717) is 0 Å². The molecule has 2 aromatic rings. The van der Waals surface area contributed by atoms with E-state index in [9.17, 15) is 19.4 Å². The third-order valence-corrected chi connectivity index (χ3v) is 5.22. The number of carboxylic acids is 1. The van der Waals surface area contributed by atoms with Crippen molar-refractivity contribution in [2.24, 2.45) is 0 Å². The van der Waals surface area contributed by atoms with E-state index >= 15 is 0 Å². The van der Waals surface area contributed by atoms with E-state index < -0.39 is 24.6 Å². The third kappa shape index (κ3) is 4.89. The third-order valence-electron chi connectivity index (χ3n) is 5.22. The first-order chi connectivity index (χ1) is 14.3. The SMILES string of the molecule is CC(C)n1c(C=CC(O)CC(O)CC(=O)O)c(-c2ccc(F)cc2)c2c1=CCCC=2. The molecule has 30 heavy (non-hydrogen) atoms. The molecule has 0 saturated heterocycles. The summed E-state index contributed by atoms with van der Waals surface area (Å²) in [6.07, 6.45) is 7.09. The van der Waals surface area contributed by atoms with Crippen molar-refractivity contribution in [2.45, 2.75) is 57.8 Å². The molecule has 160 valence electrons. The van der Waals surface area contributed by atoms with Gasteiger partial charge in [-0.05, 0) is 50.5 Å². The average molecular weight is 413 g/mol. The summed E-state index contributed by atoms with van der Waals surface area (Å²) >= 11 is 0. The molecular formula is C24H28FNO4. The van der Waals surface area contributed by atoms with Crippen LogP contribution in [0.2, 0.25) is 0 Å². The second-order valence-corrected chi connectivity index (χ2v) is 7.93. The maximum absolute atomic E-state index is 13.5. The minimum absolute atomic E-state index is 0.0605. The standard InChI is InChI=1S/C24H28FNO4/c1-15(2)26-21-6-4-3-5-20(21)24(16-7-9-17(25)10-8-16)22(26)12-11-18(27)13-19(28)14-23(29)30/h5-12,15,18-19,27-28H,3-4,13-14H2,1-2H3,(H,29,30). The fourth-order valence-corrected chi connectivity index (χ4v) is 3.99. The Kier molecular flexibility index (Phi) is 6.90. The van der Waals surface area contributed by atoms with Gasteiger partial charge >= 0.3 is 5.97 Å². The van der Waals surface area contributed by atoms with Gasteiger partial charge in [0, 0.05) is 34.3 Å². The van der Waals surface area contributed by atoms with Crippen LogP contribution < -0.4 is 10.6 Å². The monoisotopic (exact) mass is 413 g/mol. The van der Waals surface area contributed by atoms with Crippen LogP contribution in [-0.4, -0.2) is 38.1 Å². The lowest BCUT2D eigenvalue weighted by atomic mass is 10.0. The summed E-state index contributed by atoms with van der Waals surface area (Å²) in [7, 11) is 0. The lowest BCUT2D eigenvalue weighted by Crippen LogP contribution is -2.32. The van der Waals surface area contributed by atoms with Crippen LogP contribution in [-0.2, 0) is 4.79 Å². The Labute approximate surface area is 175 Å². The van der Waals surface area contributed by atoms with Crippen molar-refractivity contribution < 1.29 is 24.5 Å². The summed E-state index contributed by atoms with van der Waals surface area (Å²) in [6, 6.07) is 6.53. The molecule has 3 N–H and O–H groups in total. The van der Waals surface area contributed by atoms with Gasteiger partial charge in [0.15, 0.2) is 0 Å². The number of hydrogen-bond donors (Lipinski definition) is 3. The van der Waals surface area contributed by atoms with Crippen molar-refractivity contribution in [3.8, 4) is 11.1 Å². The molecule has 5 nitrogen and oxygen atoms in total. The molecule has 3 rings (SSSR count). The molecule has 0 radical (unpaired) electrons. The number of benzene rings is 1. The van der Waals surface area contributed by atoms with E-state index in [-0.39, 0.29) is 18.3 Å². The molecule has 6 heteroatoms. The van der Waals surface area contributed by atoms with Gasteiger partial charge in [-0.3, -0.25) is 4.79 Å². The van der Waals surface area contributed by atoms with Crippen LogP contribution in [0.3, 0.4) is 0 Å². The molecule has 0 bridgehead atoms. The predicted molar refractivity (Wildman–Crippen MR) is 116 cm³/mol. The van der Waals surface area contributed by atoms with Gasteiger partial charge in [-0.2, -0.15) is 0 Å². The minimum atomic E-state index is -1.12. The van der Waals surface area contributed by atoms with E-state index in [1.165, 1.54) is 12.1 Å². The van der Waals surface area contributed by atoms with Crippen molar-refractivity contribution in [1.29, 1.82) is 0 Å². The van der Waals surface area contributed by atoms with E-state index in [2.05, 4.69) is 30.6 Å². The maximum Gasteiger partial charge on any atom is 0.305 e. The highest BCUT2D eigenvalue weighted by Gasteiger charge is 2.19. The lowest BCUT2D eigenvalue weighted by Gasteiger charge is -2.15. The summed E-state index contributed by atoms with van der Waals surface area (Å²) in [5.74, 6) is -1.41. The fourth-order valence-electron chi connectivity index (χ4n) is 3.99. The van der Waals surface area contributed by atoms with Gasteiger partial charge in [-0.25, -0.2) is 4.39 Å². The molecule has 1 aliphatic rings. The van der Waals surface area contributed by atoms with Crippen LogP contribution >= 0.6 is 0 Å². The highest BCUT2D eigenvalue weighted by Crippen LogP contribution is 2.25. The molecule has 0 saturated carbocycles. The second-order valence-electron chi connectivity index (χ2n) is 7.93. The number of carboxylic acid groups (broad SMARTS) is 1. The quantitative estimate of drug-likeness (QED) is 0.622. The summed E-state index contributed by atoms with van der Waals surface area (Å²) < 4.78 is 15.7. The number of fused-ring (bicyclic) bond motifs is 1. The summed E-state index contributed by atoms with van der Waals surface area (Å²) in [5, 5.41) is 31.1. The van der Waals surface area contributed by atoms with Crippen molar-refractivity contribution in [1.82, 2.24) is 4.57 Å². The van der Waals surface area contributed by atoms with E-state index in [1.54, 1.807) is 18.2 Å². The van der Waals surface area contributed by atoms with Crippen LogP contribution in [0.25, 0.3) is 29.4 Å². The Morgan fingerprint density at radius 1 is 1.17 bits per heavy atom. The lowest BCUT2D eigenvalue weighted by molar-refractivity contribution is -0.139. The molecule has 1 heterocycles. The number of aliphatic hydroxyl groups is 2. The van der Waals surface area contributed by atoms with E-state index in [4.69, 9.17) is 5.11 Å². The maximum atomic E-state index is 13.5. The number of halogens is 1. The van der Waals surface area contributed by atoms with Gasteiger partial charge in [0.2, 0.25) is 0 Å². The van der Waals surface area contributed by atoms with Gasteiger partial charge in [0.25, 0.3) is 0 Å². The highest BCUT2D eigenvalue weighted by molar-refractivity contribution is 5.76. The van der Waals surface area contributed by atoms with Gasteiger partial charge in [-0.15, -0.1) is 0 Å². The Morgan fingerprint density at radius 3 is 2.47 bits per heavy atom. The van der Waals surface area contributed by atoms with Crippen LogP contribution in [0.1, 0.15) is 51.3 Å². The Hall–Kier alpha value is -2.70.